The van der Waals surface area contributed by atoms with Crippen LogP contribution in [-0.2, 0) is 34.1 Å². The number of carbonyl (C=O) groups excluding carboxylic acids is 2. The van der Waals surface area contributed by atoms with Gasteiger partial charge in [0.1, 0.15) is 35.4 Å². The Bertz CT molecular complexity index is 2970. The molecule has 2 saturated heterocycles. The third kappa shape index (κ3) is 10.9. The van der Waals surface area contributed by atoms with E-state index in [1.807, 2.05) is 85.8 Å². The van der Waals surface area contributed by atoms with E-state index in [4.69, 9.17) is 28.4 Å². The van der Waals surface area contributed by atoms with Gasteiger partial charge in [-0.15, -0.1) is 0 Å². The molecule has 0 unspecified atom stereocenters. The number of rotatable bonds is 21. The van der Waals surface area contributed by atoms with Crippen molar-refractivity contribution in [3.63, 3.8) is 0 Å². The molecule has 2 aliphatic heterocycles. The molecular weight excluding hydrogens is 948 g/mol. The third-order valence-corrected chi connectivity index (χ3v) is 13.5. The Kier molecular flexibility index (Phi) is 16.3. The number of hydrogen-bond donors (Lipinski definition) is 4. The van der Waals surface area contributed by atoms with Crippen LogP contribution in [0.1, 0.15) is 75.6 Å². The predicted molar refractivity (Wildman–Crippen MR) is 265 cm³/mol. The van der Waals surface area contributed by atoms with Crippen LogP contribution in [-0.4, -0.2) is 123 Å². The summed E-state index contributed by atoms with van der Waals surface area (Å²) in [6, 6.07) is 25.4. The molecule has 3 aromatic carbocycles. The summed E-state index contributed by atoms with van der Waals surface area (Å²) in [5.41, 5.74) is -1.56. The molecule has 6 aromatic rings. The molecule has 0 spiro atoms. The van der Waals surface area contributed by atoms with Crippen LogP contribution >= 0.6 is 0 Å². The van der Waals surface area contributed by atoms with Crippen molar-refractivity contribution in [2.45, 2.75) is 95.1 Å². The summed E-state index contributed by atoms with van der Waals surface area (Å²) in [6.45, 7) is 5.12. The first-order chi connectivity index (χ1) is 35.2. The second kappa shape index (κ2) is 22.8. The highest BCUT2D eigenvalue weighted by Gasteiger charge is 2.51. The number of nitrogens with one attached hydrogen (secondary N) is 3. The standard InChI is InChI=1S/C52H61FN8O12/c1-7-8-12-24-59(27-37-43(64)44(70-6)49(72-37)60-25-23-39(62)55-51(60)67)40(63)26-36-38(73-48(41(36)53)61-29-54-42-45(61)56-50(58-47(42)66)57-46(65)30(2)3)28-71-52(31-13-10-9-11-14-31,32-15-19-34(68-4)20-16-32)33-17-21-35(69-5)22-18-33/h9-11,13-23,25,29-30,36-38,41,43-44,48-49,64H,7-8,12,24,26-28H2,1-6H3,(H,55,62,67)(H2,56,57,58,65,66)/t36-,37-,38+,41-,43-,44-,48+,49-/m1/s1. The summed E-state index contributed by atoms with van der Waals surface area (Å²) in [6.07, 6.45) is -5.02. The largest absolute Gasteiger partial charge is 0.497 e. The van der Waals surface area contributed by atoms with E-state index < -0.39 is 95.5 Å². The number of aromatic nitrogens is 6. The summed E-state index contributed by atoms with van der Waals surface area (Å²) >= 11 is 0. The summed E-state index contributed by atoms with van der Waals surface area (Å²) in [7, 11) is 4.48. The number of anilines is 1. The Labute approximate surface area is 419 Å². The molecule has 2 aliphatic rings. The number of ether oxygens (including phenoxy) is 6. The number of imidazole rings is 1. The maximum Gasteiger partial charge on any atom is 0.330 e. The van der Waals surface area contributed by atoms with Gasteiger partial charge in [0.15, 0.2) is 29.8 Å². The number of hydrogen-bond acceptors (Lipinski definition) is 14. The van der Waals surface area contributed by atoms with E-state index in [0.29, 0.717) is 29.0 Å². The van der Waals surface area contributed by atoms with Crippen molar-refractivity contribution in [1.29, 1.82) is 0 Å². The number of nitrogens with zero attached hydrogens (tertiary/aromatic N) is 5. The molecule has 5 heterocycles. The Hall–Kier alpha value is -7.04. The zero-order valence-corrected chi connectivity index (χ0v) is 41.4. The number of benzene rings is 3. The molecule has 4 N–H and O–H groups in total. The molecule has 0 aliphatic carbocycles. The fourth-order valence-electron chi connectivity index (χ4n) is 9.51. The van der Waals surface area contributed by atoms with E-state index in [-0.39, 0.29) is 36.8 Å². The smallest absolute Gasteiger partial charge is 0.330 e. The molecule has 0 radical (unpaired) electrons. The number of methoxy groups -OCH3 is 3. The molecule has 2 fully saturated rings. The number of carbonyl (C=O) groups is 2. The van der Waals surface area contributed by atoms with Gasteiger partial charge < -0.3 is 38.4 Å². The lowest BCUT2D eigenvalue weighted by Crippen LogP contribution is -2.45. The average molecular weight is 1010 g/mol. The predicted octanol–water partition coefficient (Wildman–Crippen LogP) is 4.82. The van der Waals surface area contributed by atoms with Gasteiger partial charge in [-0.05, 0) is 47.4 Å². The fraction of sp³-hybridized carbons (Fsp3) is 0.442. The second-order valence-corrected chi connectivity index (χ2v) is 18.4. The van der Waals surface area contributed by atoms with Crippen molar-refractivity contribution >= 4 is 28.9 Å². The van der Waals surface area contributed by atoms with Gasteiger partial charge in [-0.1, -0.05) is 88.2 Å². The molecule has 0 saturated carbocycles. The van der Waals surface area contributed by atoms with Crippen LogP contribution in [0.4, 0.5) is 10.3 Å². The number of amides is 2. The monoisotopic (exact) mass is 1010 g/mol. The maximum absolute atomic E-state index is 17.9. The minimum absolute atomic E-state index is 0.0744. The molecule has 20 nitrogen and oxygen atoms in total. The summed E-state index contributed by atoms with van der Waals surface area (Å²) in [4.78, 5) is 80.8. The molecule has 0 bridgehead atoms. The van der Waals surface area contributed by atoms with Gasteiger partial charge in [-0.2, -0.15) is 4.98 Å². The van der Waals surface area contributed by atoms with Crippen molar-refractivity contribution in [3.8, 4) is 11.5 Å². The summed E-state index contributed by atoms with van der Waals surface area (Å²) in [5.74, 6) is -1.54. The van der Waals surface area contributed by atoms with Gasteiger partial charge in [-0.25, -0.2) is 14.2 Å². The maximum atomic E-state index is 17.9. The van der Waals surface area contributed by atoms with E-state index in [1.54, 1.807) is 28.1 Å². The molecule has 388 valence electrons. The Morgan fingerprint density at radius 3 is 2.11 bits per heavy atom. The van der Waals surface area contributed by atoms with Gasteiger partial charge in [0, 0.05) is 50.7 Å². The highest BCUT2D eigenvalue weighted by atomic mass is 19.1. The van der Waals surface area contributed by atoms with Gasteiger partial charge in [0.25, 0.3) is 11.1 Å². The zero-order valence-electron chi connectivity index (χ0n) is 41.4. The first-order valence-corrected chi connectivity index (χ1v) is 24.2. The van der Waals surface area contributed by atoms with Crippen molar-refractivity contribution in [2.75, 3.05) is 46.3 Å². The van der Waals surface area contributed by atoms with Crippen molar-refractivity contribution in [3.05, 3.63) is 145 Å². The van der Waals surface area contributed by atoms with Gasteiger partial charge in [-0.3, -0.25) is 43.6 Å². The average Bonchev–Trinajstić information content (AvgIpc) is 4.06. The first-order valence-electron chi connectivity index (χ1n) is 24.2. The van der Waals surface area contributed by atoms with Gasteiger partial charge in [0.05, 0.1) is 33.3 Å². The molecule has 3 aromatic heterocycles. The van der Waals surface area contributed by atoms with Crippen LogP contribution in [0, 0.1) is 11.8 Å². The van der Waals surface area contributed by atoms with Crippen LogP contribution in [0.15, 0.2) is 112 Å². The molecule has 8 atom stereocenters. The molecule has 2 amide bonds. The zero-order chi connectivity index (χ0) is 52.0. The minimum Gasteiger partial charge on any atom is -0.497 e. The van der Waals surface area contributed by atoms with E-state index in [0.717, 1.165) is 29.0 Å². The van der Waals surface area contributed by atoms with Crippen LogP contribution in [0.25, 0.3) is 11.2 Å². The van der Waals surface area contributed by atoms with E-state index >= 15 is 4.39 Å². The van der Waals surface area contributed by atoms with Crippen LogP contribution in [0.2, 0.25) is 0 Å². The Morgan fingerprint density at radius 2 is 1.51 bits per heavy atom. The highest BCUT2D eigenvalue weighted by Crippen LogP contribution is 2.45. The van der Waals surface area contributed by atoms with Gasteiger partial charge >= 0.3 is 5.69 Å². The van der Waals surface area contributed by atoms with Crippen molar-refractivity contribution < 1.29 is 47.5 Å². The van der Waals surface area contributed by atoms with Crippen LogP contribution in [0.3, 0.4) is 0 Å². The fourth-order valence-corrected chi connectivity index (χ4v) is 9.51. The summed E-state index contributed by atoms with van der Waals surface area (Å²) in [5, 5.41) is 14.2. The highest BCUT2D eigenvalue weighted by molar-refractivity contribution is 5.91. The number of aliphatic hydroxyl groups is 1. The molecular formula is C52H61FN8O12. The van der Waals surface area contributed by atoms with E-state index in [2.05, 4.69) is 25.3 Å². The van der Waals surface area contributed by atoms with E-state index in [9.17, 15) is 29.1 Å². The quantitative estimate of drug-likeness (QED) is 0.0558. The molecule has 73 heavy (non-hydrogen) atoms. The number of aromatic amines is 2. The topological polar surface area (TPSA) is 243 Å². The van der Waals surface area contributed by atoms with Crippen molar-refractivity contribution in [1.82, 2.24) is 34.0 Å². The Balaban J connectivity index is 1.18. The van der Waals surface area contributed by atoms with Gasteiger partial charge in [0.2, 0.25) is 17.8 Å². The molecule has 8 rings (SSSR count). The Morgan fingerprint density at radius 1 is 0.863 bits per heavy atom. The SMILES string of the molecule is CCCCCN(C[C@H]1O[C@@H](n2ccc(=O)[nH]c2=O)[C@H](OC)[C@@H]1O)C(=O)C[C@H]1[C@@H](F)[C@@H](n2cnc3c(=O)[nH]c(NC(=O)C(C)C)nc32)O[C@H]1COC(c1ccccc1)(c1ccc(OC)cc1)c1ccc(OC)cc1. The number of halogens is 1. The number of fused-ring (bicyclic) bond motifs is 1. The number of aliphatic hydroxyl groups excluding tert-OH is 1. The van der Waals surface area contributed by atoms with Crippen LogP contribution < -0.4 is 31.6 Å². The van der Waals surface area contributed by atoms with E-state index in [1.165, 1.54) is 29.1 Å². The molecule has 21 heteroatoms. The lowest BCUT2D eigenvalue weighted by molar-refractivity contribution is -0.137. The summed E-state index contributed by atoms with van der Waals surface area (Å²) < 4.78 is 57.1. The van der Waals surface area contributed by atoms with Crippen molar-refractivity contribution in [2.24, 2.45) is 11.8 Å². The van der Waals surface area contributed by atoms with Crippen LogP contribution in [0.5, 0.6) is 11.5 Å². The lowest BCUT2D eigenvalue weighted by atomic mass is 9.80. The minimum atomic E-state index is -1.95. The number of H-pyrrole nitrogens is 2. The second-order valence-electron chi connectivity index (χ2n) is 18.4. The third-order valence-electron chi connectivity index (χ3n) is 13.5. The number of alkyl halides is 1. The lowest BCUT2D eigenvalue weighted by Gasteiger charge is -2.37. The number of unbranched alkanes of at least 4 members (excludes halogenated alkanes) is 2. The first kappa shape index (κ1) is 52.3. The normalized spacial score (nSPS) is 21.9.